The molecule has 0 aliphatic carbocycles. The summed E-state index contributed by atoms with van der Waals surface area (Å²) in [6, 6.07) is 5.55. The summed E-state index contributed by atoms with van der Waals surface area (Å²) in [6.45, 7) is 2.88. The molecule has 0 fully saturated rings. The average Bonchev–Trinajstić information content (AvgIpc) is 2.61. The third-order valence-corrected chi connectivity index (χ3v) is 3.66. The second kappa shape index (κ2) is 10.1. The van der Waals surface area contributed by atoms with Gasteiger partial charge in [0.25, 0.3) is 0 Å². The number of amides is 2. The molecule has 7 nitrogen and oxygen atoms in total. The molecule has 0 saturated heterocycles. The van der Waals surface area contributed by atoms with Crippen molar-refractivity contribution < 1.29 is 23.5 Å². The maximum atomic E-state index is 13.0. The zero-order valence-electron chi connectivity index (χ0n) is 14.9. The van der Waals surface area contributed by atoms with E-state index in [0.29, 0.717) is 5.56 Å². The second-order valence-corrected chi connectivity index (χ2v) is 5.93. The summed E-state index contributed by atoms with van der Waals surface area (Å²) in [5.41, 5.74) is 0.639. The molecule has 140 valence electrons. The van der Waals surface area contributed by atoms with Crippen molar-refractivity contribution in [2.75, 3.05) is 7.11 Å². The number of methoxy groups -OCH3 is 1. The minimum Gasteiger partial charge on any atom is -0.467 e. The highest BCUT2D eigenvalue weighted by molar-refractivity contribution is 5.90. The molecule has 8 heteroatoms. The first-order valence-corrected chi connectivity index (χ1v) is 8.06. The summed E-state index contributed by atoms with van der Waals surface area (Å²) in [4.78, 5) is 35.8. The van der Waals surface area contributed by atoms with Crippen LogP contribution in [0.4, 0.5) is 4.39 Å². The van der Waals surface area contributed by atoms with E-state index in [2.05, 4.69) is 15.4 Å². The van der Waals surface area contributed by atoms with Gasteiger partial charge in [-0.05, 0) is 31.0 Å². The third-order valence-electron chi connectivity index (χ3n) is 3.66. The summed E-state index contributed by atoms with van der Waals surface area (Å²) >= 11 is 0. The quantitative estimate of drug-likeness (QED) is 0.672. The van der Waals surface area contributed by atoms with Crippen molar-refractivity contribution in [3.05, 3.63) is 35.6 Å². The molecule has 2 N–H and O–H groups in total. The number of hydrogen-bond acceptors (Lipinski definition) is 5. The molecular formula is C18H22FN3O4. The monoisotopic (exact) mass is 363 g/mol. The minimum atomic E-state index is -1.01. The fourth-order valence-electron chi connectivity index (χ4n) is 2.35. The molecule has 26 heavy (non-hydrogen) atoms. The number of nitrogens with one attached hydrogen (secondary N) is 2. The lowest BCUT2D eigenvalue weighted by Crippen LogP contribution is -2.52. The van der Waals surface area contributed by atoms with Crippen molar-refractivity contribution in [2.24, 2.45) is 5.92 Å². The van der Waals surface area contributed by atoms with Crippen LogP contribution in [0.2, 0.25) is 0 Å². The van der Waals surface area contributed by atoms with Gasteiger partial charge in [-0.25, -0.2) is 9.18 Å². The fourth-order valence-corrected chi connectivity index (χ4v) is 2.35. The SMILES string of the molecule is COC(=O)[C@H](C[C@@H](C)C#N)NC(=O)[C@@H](Cc1ccc(F)cc1)NC(C)=O. The summed E-state index contributed by atoms with van der Waals surface area (Å²) in [5.74, 6) is -2.58. The van der Waals surface area contributed by atoms with Crippen LogP contribution in [0.15, 0.2) is 24.3 Å². The number of rotatable bonds is 8. The Kier molecular flexibility index (Phi) is 8.22. The van der Waals surface area contributed by atoms with Crippen molar-refractivity contribution in [1.82, 2.24) is 10.6 Å². The first kappa shape index (κ1) is 21.1. The normalized spacial score (nSPS) is 13.7. The Hall–Kier alpha value is -2.95. The molecule has 0 radical (unpaired) electrons. The number of benzene rings is 1. The lowest BCUT2D eigenvalue weighted by molar-refractivity contribution is -0.145. The van der Waals surface area contributed by atoms with Crippen LogP contribution < -0.4 is 10.6 Å². The van der Waals surface area contributed by atoms with Gasteiger partial charge in [-0.3, -0.25) is 9.59 Å². The standard InChI is InChI=1S/C18H22FN3O4/c1-11(10-20)8-16(18(25)26-3)22-17(24)15(21-12(2)23)9-13-4-6-14(19)7-5-13/h4-7,11,15-16H,8-9H2,1-3H3,(H,21,23)(H,22,24)/t11-,15-,16+/m1/s1. The van der Waals surface area contributed by atoms with Gasteiger partial charge in [-0.1, -0.05) is 12.1 Å². The Morgan fingerprint density at radius 2 is 1.81 bits per heavy atom. The van der Waals surface area contributed by atoms with Gasteiger partial charge in [-0.2, -0.15) is 5.26 Å². The number of nitriles is 1. The van der Waals surface area contributed by atoms with Crippen molar-refractivity contribution in [3.8, 4) is 6.07 Å². The number of nitrogens with zero attached hydrogens (tertiary/aromatic N) is 1. The fraction of sp³-hybridized carbons (Fsp3) is 0.444. The van der Waals surface area contributed by atoms with Crippen LogP contribution in [0.25, 0.3) is 0 Å². The van der Waals surface area contributed by atoms with E-state index in [1.165, 1.54) is 38.3 Å². The Balaban J connectivity index is 2.91. The van der Waals surface area contributed by atoms with E-state index in [1.807, 2.05) is 6.07 Å². The van der Waals surface area contributed by atoms with Crippen molar-refractivity contribution in [1.29, 1.82) is 5.26 Å². The number of hydrogen-bond donors (Lipinski definition) is 2. The van der Waals surface area contributed by atoms with Crippen LogP contribution in [0.1, 0.15) is 25.8 Å². The first-order valence-electron chi connectivity index (χ1n) is 8.06. The number of carbonyl (C=O) groups is 3. The van der Waals surface area contributed by atoms with E-state index in [1.54, 1.807) is 6.92 Å². The second-order valence-electron chi connectivity index (χ2n) is 5.93. The van der Waals surface area contributed by atoms with E-state index in [0.717, 1.165) is 0 Å². The van der Waals surface area contributed by atoms with Crippen LogP contribution in [0.3, 0.4) is 0 Å². The number of halogens is 1. The predicted octanol–water partition coefficient (Wildman–Crippen LogP) is 1.08. The van der Waals surface area contributed by atoms with E-state index >= 15 is 0 Å². The van der Waals surface area contributed by atoms with Gasteiger partial charge < -0.3 is 15.4 Å². The molecule has 0 spiro atoms. The number of ether oxygens (including phenoxy) is 1. The van der Waals surface area contributed by atoms with Gasteiger partial charge in [-0.15, -0.1) is 0 Å². The van der Waals surface area contributed by atoms with E-state index in [-0.39, 0.29) is 12.8 Å². The average molecular weight is 363 g/mol. The topological polar surface area (TPSA) is 108 Å². The highest BCUT2D eigenvalue weighted by Gasteiger charge is 2.28. The van der Waals surface area contributed by atoms with Crippen LogP contribution in [-0.2, 0) is 25.5 Å². The molecule has 0 unspecified atom stereocenters. The molecule has 1 aromatic carbocycles. The van der Waals surface area contributed by atoms with Gasteiger partial charge in [0.05, 0.1) is 13.2 Å². The van der Waals surface area contributed by atoms with Gasteiger partial charge in [0.2, 0.25) is 11.8 Å². The van der Waals surface area contributed by atoms with Crippen LogP contribution >= 0.6 is 0 Å². The Labute approximate surface area is 151 Å². The summed E-state index contributed by atoms with van der Waals surface area (Å²) in [7, 11) is 1.18. The van der Waals surface area contributed by atoms with Crippen molar-refractivity contribution in [2.45, 2.75) is 38.8 Å². The third kappa shape index (κ3) is 6.89. The Bertz CT molecular complexity index is 685. The van der Waals surface area contributed by atoms with E-state index in [4.69, 9.17) is 5.26 Å². The van der Waals surface area contributed by atoms with Crippen LogP contribution in [-0.4, -0.2) is 37.0 Å². The number of esters is 1. The van der Waals surface area contributed by atoms with Crippen LogP contribution in [0.5, 0.6) is 0 Å². The van der Waals surface area contributed by atoms with Gasteiger partial charge in [0, 0.05) is 19.3 Å². The molecule has 0 bridgehead atoms. The molecular weight excluding hydrogens is 341 g/mol. The van der Waals surface area contributed by atoms with E-state index < -0.39 is 41.6 Å². The lowest BCUT2D eigenvalue weighted by Gasteiger charge is -2.22. The molecule has 1 rings (SSSR count). The number of carbonyl (C=O) groups excluding carboxylic acids is 3. The van der Waals surface area contributed by atoms with Crippen molar-refractivity contribution in [3.63, 3.8) is 0 Å². The molecule has 1 aromatic rings. The highest BCUT2D eigenvalue weighted by Crippen LogP contribution is 2.09. The molecule has 3 atom stereocenters. The Morgan fingerprint density at radius 3 is 2.31 bits per heavy atom. The molecule has 0 heterocycles. The molecule has 0 aliphatic heterocycles. The highest BCUT2D eigenvalue weighted by atomic mass is 19.1. The largest absolute Gasteiger partial charge is 0.467 e. The smallest absolute Gasteiger partial charge is 0.328 e. The van der Waals surface area contributed by atoms with Crippen LogP contribution in [0, 0.1) is 23.1 Å². The first-order chi connectivity index (χ1) is 12.3. The summed E-state index contributed by atoms with van der Waals surface area (Å²) in [5, 5.41) is 13.9. The van der Waals surface area contributed by atoms with Gasteiger partial charge >= 0.3 is 5.97 Å². The van der Waals surface area contributed by atoms with E-state index in [9.17, 15) is 18.8 Å². The zero-order valence-corrected chi connectivity index (χ0v) is 14.9. The molecule has 0 aliphatic rings. The summed E-state index contributed by atoms with van der Waals surface area (Å²) in [6.07, 6.45) is 0.200. The molecule has 0 aromatic heterocycles. The zero-order chi connectivity index (χ0) is 19.7. The lowest BCUT2D eigenvalue weighted by atomic mass is 10.0. The molecule has 2 amide bonds. The summed E-state index contributed by atoms with van der Waals surface area (Å²) < 4.78 is 17.7. The van der Waals surface area contributed by atoms with Gasteiger partial charge in [0.1, 0.15) is 17.9 Å². The predicted molar refractivity (Wildman–Crippen MR) is 91.0 cm³/mol. The molecule has 0 saturated carbocycles. The Morgan fingerprint density at radius 1 is 1.19 bits per heavy atom. The van der Waals surface area contributed by atoms with Crippen molar-refractivity contribution >= 4 is 17.8 Å². The maximum Gasteiger partial charge on any atom is 0.328 e. The maximum absolute atomic E-state index is 13.0. The van der Waals surface area contributed by atoms with Gasteiger partial charge in [0.15, 0.2) is 0 Å². The minimum absolute atomic E-state index is 0.0816.